The third-order valence-electron chi connectivity index (χ3n) is 2.27. The second-order valence-electron chi connectivity index (χ2n) is 3.48. The Kier molecular flexibility index (Phi) is 2.21. The predicted octanol–water partition coefficient (Wildman–Crippen LogP) is 0.609. The maximum absolute atomic E-state index is 12.8. The van der Waals surface area contributed by atoms with E-state index in [0.717, 1.165) is 0 Å². The molecule has 0 bridgehead atoms. The second-order valence-corrected chi connectivity index (χ2v) is 3.48. The van der Waals surface area contributed by atoms with E-state index in [9.17, 15) is 9.18 Å². The van der Waals surface area contributed by atoms with Crippen LogP contribution in [-0.4, -0.2) is 29.9 Å². The van der Waals surface area contributed by atoms with Crippen LogP contribution in [0.3, 0.4) is 0 Å². The van der Waals surface area contributed by atoms with Gasteiger partial charge in [0.1, 0.15) is 5.82 Å². The van der Waals surface area contributed by atoms with E-state index >= 15 is 0 Å². The summed E-state index contributed by atoms with van der Waals surface area (Å²) in [4.78, 5) is 13.2. The fourth-order valence-electron chi connectivity index (χ4n) is 1.48. The largest absolute Gasteiger partial charge is 0.335 e. The van der Waals surface area contributed by atoms with Crippen LogP contribution in [-0.2, 0) is 0 Å². The molecule has 1 aromatic rings. The van der Waals surface area contributed by atoms with Gasteiger partial charge >= 0.3 is 0 Å². The summed E-state index contributed by atoms with van der Waals surface area (Å²) in [7, 11) is 0. The molecule has 2 N–H and O–H groups in total. The first-order valence-corrected chi connectivity index (χ1v) is 4.47. The number of halogens is 1. The zero-order valence-corrected chi connectivity index (χ0v) is 7.61. The highest BCUT2D eigenvalue weighted by Gasteiger charge is 2.28. The first kappa shape index (κ1) is 9.15. The number of hydrogen-bond acceptors (Lipinski definition) is 2. The molecule has 4 heteroatoms. The normalized spacial score (nSPS) is 16.6. The highest BCUT2D eigenvalue weighted by atomic mass is 19.1. The Labute approximate surface area is 81.3 Å². The maximum Gasteiger partial charge on any atom is 0.254 e. The molecule has 0 saturated carbocycles. The Balaban J connectivity index is 2.12. The smallest absolute Gasteiger partial charge is 0.254 e. The Bertz CT molecular complexity index is 361. The molecule has 1 fully saturated rings. The van der Waals surface area contributed by atoms with Crippen LogP contribution in [0.2, 0.25) is 0 Å². The van der Waals surface area contributed by atoms with Crippen LogP contribution in [0.25, 0.3) is 0 Å². The van der Waals surface area contributed by atoms with Gasteiger partial charge in [-0.05, 0) is 18.2 Å². The van der Waals surface area contributed by atoms with Crippen LogP contribution < -0.4 is 5.73 Å². The lowest BCUT2D eigenvalue weighted by molar-refractivity contribution is 0.0607. The van der Waals surface area contributed by atoms with Crippen LogP contribution in [0.4, 0.5) is 4.39 Å². The van der Waals surface area contributed by atoms with Crippen molar-refractivity contribution in [1.29, 1.82) is 0 Å². The van der Waals surface area contributed by atoms with E-state index < -0.39 is 0 Å². The fourth-order valence-corrected chi connectivity index (χ4v) is 1.48. The molecule has 0 aromatic heterocycles. The molecule has 0 radical (unpaired) electrons. The number of nitrogens with zero attached hydrogens (tertiary/aromatic N) is 1. The van der Waals surface area contributed by atoms with Gasteiger partial charge in [0.25, 0.3) is 5.91 Å². The van der Waals surface area contributed by atoms with E-state index in [-0.39, 0.29) is 17.8 Å². The van der Waals surface area contributed by atoms with E-state index in [4.69, 9.17) is 5.73 Å². The number of carbonyl (C=O) groups is 1. The minimum absolute atomic E-state index is 0.0764. The van der Waals surface area contributed by atoms with Gasteiger partial charge in [0.05, 0.1) is 0 Å². The Morgan fingerprint density at radius 2 is 2.21 bits per heavy atom. The lowest BCUT2D eigenvalue weighted by atomic mass is 10.1. The maximum atomic E-state index is 12.8. The number of amides is 1. The van der Waals surface area contributed by atoms with E-state index in [1.165, 1.54) is 18.2 Å². The summed E-state index contributed by atoms with van der Waals surface area (Å²) in [6.07, 6.45) is 0. The molecule has 0 unspecified atom stereocenters. The monoisotopic (exact) mass is 194 g/mol. The molecule has 2 rings (SSSR count). The van der Waals surface area contributed by atoms with Crippen LogP contribution in [0, 0.1) is 5.82 Å². The van der Waals surface area contributed by atoms with Gasteiger partial charge in [0, 0.05) is 24.7 Å². The van der Waals surface area contributed by atoms with Gasteiger partial charge in [-0.2, -0.15) is 0 Å². The molecule has 1 heterocycles. The summed E-state index contributed by atoms with van der Waals surface area (Å²) < 4.78 is 12.8. The highest BCUT2D eigenvalue weighted by molar-refractivity contribution is 5.94. The molecule has 74 valence electrons. The number of hydrogen-bond donors (Lipinski definition) is 1. The van der Waals surface area contributed by atoms with E-state index in [0.29, 0.717) is 18.7 Å². The minimum Gasteiger partial charge on any atom is -0.335 e. The predicted molar refractivity (Wildman–Crippen MR) is 50.3 cm³/mol. The average Bonchev–Trinajstić information content (AvgIpc) is 2.12. The van der Waals surface area contributed by atoms with Crippen molar-refractivity contribution in [3.63, 3.8) is 0 Å². The quantitative estimate of drug-likeness (QED) is 0.712. The summed E-state index contributed by atoms with van der Waals surface area (Å²) in [6, 6.07) is 5.77. The summed E-state index contributed by atoms with van der Waals surface area (Å²) in [5, 5.41) is 0. The topological polar surface area (TPSA) is 46.3 Å². The van der Waals surface area contributed by atoms with Crippen LogP contribution in [0.5, 0.6) is 0 Å². The van der Waals surface area contributed by atoms with Crippen molar-refractivity contribution in [3.8, 4) is 0 Å². The second kappa shape index (κ2) is 3.38. The molecule has 1 amide bonds. The summed E-state index contributed by atoms with van der Waals surface area (Å²) in [5.74, 6) is -0.535. The van der Waals surface area contributed by atoms with E-state index in [2.05, 4.69) is 0 Å². The van der Waals surface area contributed by atoms with E-state index in [1.54, 1.807) is 11.0 Å². The average molecular weight is 194 g/mol. The van der Waals surface area contributed by atoms with Gasteiger partial charge in [0.15, 0.2) is 0 Å². The Morgan fingerprint density at radius 1 is 1.50 bits per heavy atom. The zero-order valence-electron chi connectivity index (χ0n) is 7.61. The first-order valence-electron chi connectivity index (χ1n) is 4.47. The lowest BCUT2D eigenvalue weighted by Crippen LogP contribution is -2.57. The minimum atomic E-state index is -0.388. The third-order valence-corrected chi connectivity index (χ3v) is 2.27. The number of nitrogens with two attached hydrogens (primary N) is 1. The lowest BCUT2D eigenvalue weighted by Gasteiger charge is -2.36. The molecule has 0 aliphatic carbocycles. The van der Waals surface area contributed by atoms with Crippen molar-refractivity contribution in [2.75, 3.05) is 13.1 Å². The van der Waals surface area contributed by atoms with E-state index in [1.807, 2.05) is 0 Å². The highest BCUT2D eigenvalue weighted by Crippen LogP contribution is 2.12. The Hall–Kier alpha value is -1.42. The molecule has 3 nitrogen and oxygen atoms in total. The number of rotatable bonds is 1. The van der Waals surface area contributed by atoms with Crippen LogP contribution in [0.15, 0.2) is 24.3 Å². The molecule has 0 spiro atoms. The standard InChI is InChI=1S/C10H11FN2O/c11-8-3-1-2-7(4-8)10(14)13-5-9(12)6-13/h1-4,9H,5-6,12H2. The Morgan fingerprint density at radius 3 is 2.79 bits per heavy atom. The first-order chi connectivity index (χ1) is 6.66. The molecule has 1 aromatic carbocycles. The van der Waals surface area contributed by atoms with Crippen molar-refractivity contribution < 1.29 is 9.18 Å². The van der Waals surface area contributed by atoms with Gasteiger partial charge in [-0.25, -0.2) is 4.39 Å². The number of benzene rings is 1. The van der Waals surface area contributed by atoms with Crippen molar-refractivity contribution >= 4 is 5.91 Å². The number of likely N-dealkylation sites (tertiary alicyclic amines) is 1. The summed E-state index contributed by atoms with van der Waals surface area (Å²) in [5.41, 5.74) is 5.93. The third kappa shape index (κ3) is 1.61. The fraction of sp³-hybridized carbons (Fsp3) is 0.300. The molecular weight excluding hydrogens is 183 g/mol. The number of carbonyl (C=O) groups excluding carboxylic acids is 1. The molecule has 14 heavy (non-hydrogen) atoms. The molecular formula is C10H11FN2O. The SMILES string of the molecule is NC1CN(C(=O)c2cccc(F)c2)C1. The molecule has 0 atom stereocenters. The van der Waals surface area contributed by atoms with Crippen molar-refractivity contribution in [3.05, 3.63) is 35.6 Å². The summed E-state index contributed by atoms with van der Waals surface area (Å²) >= 11 is 0. The van der Waals surface area contributed by atoms with Gasteiger partial charge < -0.3 is 10.6 Å². The summed E-state index contributed by atoms with van der Waals surface area (Å²) in [6.45, 7) is 1.13. The zero-order chi connectivity index (χ0) is 10.1. The molecule has 1 aliphatic rings. The van der Waals surface area contributed by atoms with Crippen molar-refractivity contribution in [2.45, 2.75) is 6.04 Å². The van der Waals surface area contributed by atoms with Gasteiger partial charge in [-0.15, -0.1) is 0 Å². The molecule has 1 saturated heterocycles. The molecule has 1 aliphatic heterocycles. The van der Waals surface area contributed by atoms with Gasteiger partial charge in [-0.3, -0.25) is 4.79 Å². The van der Waals surface area contributed by atoms with Crippen molar-refractivity contribution in [2.24, 2.45) is 5.73 Å². The van der Waals surface area contributed by atoms with Gasteiger partial charge in [0.2, 0.25) is 0 Å². The van der Waals surface area contributed by atoms with Crippen molar-refractivity contribution in [1.82, 2.24) is 4.90 Å². The van der Waals surface area contributed by atoms with Crippen LogP contribution in [0.1, 0.15) is 10.4 Å². The van der Waals surface area contributed by atoms with Crippen LogP contribution >= 0.6 is 0 Å². The van der Waals surface area contributed by atoms with Gasteiger partial charge in [-0.1, -0.05) is 6.07 Å².